The predicted molar refractivity (Wildman–Crippen MR) is 108 cm³/mol. The summed E-state index contributed by atoms with van der Waals surface area (Å²) in [6.07, 6.45) is 19.2. The summed E-state index contributed by atoms with van der Waals surface area (Å²) in [4.78, 5) is 0. The van der Waals surface area contributed by atoms with Gasteiger partial charge in [-0.25, -0.2) is 0 Å². The Hall–Kier alpha value is -0.520. The van der Waals surface area contributed by atoms with Gasteiger partial charge in [0, 0.05) is 0 Å². The molecule has 0 amide bonds. The van der Waals surface area contributed by atoms with E-state index in [1.54, 1.807) is 5.57 Å². The number of allylic oxidation sites excluding steroid dienone is 4. The topological polar surface area (TPSA) is 0 Å². The summed E-state index contributed by atoms with van der Waals surface area (Å²) in [6, 6.07) is 0. The van der Waals surface area contributed by atoms with Crippen LogP contribution in [0.2, 0.25) is 0 Å². The highest BCUT2D eigenvalue weighted by Crippen LogP contribution is 2.67. The first-order valence-electron chi connectivity index (χ1n) is 11.2. The second kappa shape index (κ2) is 6.28. The molecule has 2 saturated carbocycles. The second-order valence-electron chi connectivity index (χ2n) is 10.9. The highest BCUT2D eigenvalue weighted by atomic mass is 14.6. The maximum Gasteiger partial charge on any atom is -0.00415 e. The van der Waals surface area contributed by atoms with E-state index in [4.69, 9.17) is 0 Å². The molecular weight excluding hydrogens is 300 g/mol. The number of hydrogen-bond acceptors (Lipinski definition) is 0. The molecule has 0 aromatic rings. The summed E-state index contributed by atoms with van der Waals surface area (Å²) in [5, 5.41) is 0. The van der Waals surface area contributed by atoms with Crippen molar-refractivity contribution in [3.63, 3.8) is 0 Å². The van der Waals surface area contributed by atoms with Crippen LogP contribution in [-0.2, 0) is 0 Å². The van der Waals surface area contributed by atoms with Crippen molar-refractivity contribution >= 4 is 0 Å². The Morgan fingerprint density at radius 3 is 2.56 bits per heavy atom. The third-order valence-corrected chi connectivity index (χ3v) is 9.27. The standard InChI is InChI=1S/C25H40/c1-17(2)9-10-18(3)21-11-12-22-20-16-19-8-6-7-14-24(19,4)23(20)13-15-25(21,22)5/h6,8,16-18,20-23H,7,9-15H2,1-5H3/t18-,20?,21-,22?,23?,24+,25-/m1/s1. The van der Waals surface area contributed by atoms with Crippen molar-refractivity contribution in [3.05, 3.63) is 23.8 Å². The minimum Gasteiger partial charge on any atom is -0.0842 e. The van der Waals surface area contributed by atoms with E-state index in [-0.39, 0.29) is 0 Å². The van der Waals surface area contributed by atoms with Crippen LogP contribution in [0.15, 0.2) is 23.8 Å². The first kappa shape index (κ1) is 17.9. The minimum atomic E-state index is 0.502. The van der Waals surface area contributed by atoms with Gasteiger partial charge in [-0.15, -0.1) is 0 Å². The van der Waals surface area contributed by atoms with Crippen LogP contribution in [0.3, 0.4) is 0 Å². The summed E-state index contributed by atoms with van der Waals surface area (Å²) in [5.41, 5.74) is 2.82. The summed E-state index contributed by atoms with van der Waals surface area (Å²) >= 11 is 0. The van der Waals surface area contributed by atoms with E-state index in [1.165, 1.54) is 51.4 Å². The second-order valence-corrected chi connectivity index (χ2v) is 10.9. The molecule has 2 fully saturated rings. The van der Waals surface area contributed by atoms with Crippen molar-refractivity contribution in [2.24, 2.45) is 46.3 Å². The molecule has 0 N–H and O–H groups in total. The maximum absolute atomic E-state index is 2.75. The van der Waals surface area contributed by atoms with Crippen molar-refractivity contribution in [2.45, 2.75) is 86.0 Å². The van der Waals surface area contributed by atoms with Crippen LogP contribution in [0.5, 0.6) is 0 Å². The lowest BCUT2D eigenvalue weighted by atomic mass is 9.53. The van der Waals surface area contributed by atoms with Gasteiger partial charge >= 0.3 is 0 Å². The van der Waals surface area contributed by atoms with Crippen molar-refractivity contribution < 1.29 is 0 Å². The van der Waals surface area contributed by atoms with Gasteiger partial charge in [0.1, 0.15) is 0 Å². The molecule has 0 aromatic carbocycles. The molecule has 0 spiro atoms. The van der Waals surface area contributed by atoms with Crippen molar-refractivity contribution in [1.29, 1.82) is 0 Å². The summed E-state index contributed by atoms with van der Waals surface area (Å²) in [5.74, 6) is 5.53. The highest BCUT2D eigenvalue weighted by Gasteiger charge is 2.59. The Labute approximate surface area is 156 Å². The molecular formula is C25H40. The van der Waals surface area contributed by atoms with Crippen LogP contribution in [-0.4, -0.2) is 0 Å². The highest BCUT2D eigenvalue weighted by molar-refractivity contribution is 5.37. The fraction of sp³-hybridized carbons (Fsp3) is 0.840. The molecule has 0 aromatic heterocycles. The minimum absolute atomic E-state index is 0.502. The molecule has 0 nitrogen and oxygen atoms in total. The van der Waals surface area contributed by atoms with E-state index in [2.05, 4.69) is 52.8 Å². The first-order chi connectivity index (χ1) is 11.9. The normalized spacial score (nSPS) is 46.6. The maximum atomic E-state index is 2.75. The number of hydrogen-bond donors (Lipinski definition) is 0. The van der Waals surface area contributed by atoms with Crippen LogP contribution >= 0.6 is 0 Å². The van der Waals surface area contributed by atoms with Crippen molar-refractivity contribution in [3.8, 4) is 0 Å². The molecule has 7 atom stereocenters. The lowest BCUT2D eigenvalue weighted by Gasteiger charge is -2.51. The number of rotatable bonds is 4. The SMILES string of the molecule is CC(C)CC[C@@H](C)[C@H]1CCC2C3C=C4C=CCC[C@]4(C)C3CC[C@@]21C. The molecule has 0 bridgehead atoms. The van der Waals surface area contributed by atoms with Crippen molar-refractivity contribution in [2.75, 3.05) is 0 Å². The van der Waals surface area contributed by atoms with E-state index >= 15 is 0 Å². The Morgan fingerprint density at radius 1 is 1.00 bits per heavy atom. The average molecular weight is 341 g/mol. The van der Waals surface area contributed by atoms with Gasteiger partial charge in [0.15, 0.2) is 0 Å². The van der Waals surface area contributed by atoms with Crippen LogP contribution in [0.4, 0.5) is 0 Å². The van der Waals surface area contributed by atoms with E-state index in [0.29, 0.717) is 10.8 Å². The molecule has 25 heavy (non-hydrogen) atoms. The first-order valence-corrected chi connectivity index (χ1v) is 11.2. The number of fused-ring (bicyclic) bond motifs is 5. The van der Waals surface area contributed by atoms with Crippen LogP contribution in [0.25, 0.3) is 0 Å². The van der Waals surface area contributed by atoms with Gasteiger partial charge in [-0.05, 0) is 90.4 Å². The van der Waals surface area contributed by atoms with Gasteiger partial charge in [-0.1, -0.05) is 65.7 Å². The summed E-state index contributed by atoms with van der Waals surface area (Å²) in [6.45, 7) is 12.6. The third kappa shape index (κ3) is 2.69. The lowest BCUT2D eigenvalue weighted by Crippen LogP contribution is -2.44. The smallest absolute Gasteiger partial charge is 0.00415 e. The summed E-state index contributed by atoms with van der Waals surface area (Å²) in [7, 11) is 0. The zero-order chi connectivity index (χ0) is 17.8. The van der Waals surface area contributed by atoms with E-state index in [1.807, 2.05) is 0 Å². The quantitative estimate of drug-likeness (QED) is 0.499. The predicted octanol–water partition coefficient (Wildman–Crippen LogP) is 7.41. The Kier molecular flexibility index (Phi) is 4.49. The average Bonchev–Trinajstić information content (AvgIpc) is 3.06. The molecule has 4 aliphatic rings. The molecule has 0 heteroatoms. The zero-order valence-corrected chi connectivity index (χ0v) is 17.4. The molecule has 4 rings (SSSR count). The Bertz CT molecular complexity index is 567. The van der Waals surface area contributed by atoms with Crippen LogP contribution in [0, 0.1) is 46.3 Å². The molecule has 4 aliphatic carbocycles. The van der Waals surface area contributed by atoms with Gasteiger partial charge in [0.2, 0.25) is 0 Å². The van der Waals surface area contributed by atoms with E-state index < -0.39 is 0 Å². The van der Waals surface area contributed by atoms with Gasteiger partial charge in [-0.2, -0.15) is 0 Å². The monoisotopic (exact) mass is 340 g/mol. The lowest BCUT2D eigenvalue weighted by molar-refractivity contribution is -0.0104. The van der Waals surface area contributed by atoms with Gasteiger partial charge in [-0.3, -0.25) is 0 Å². The third-order valence-electron chi connectivity index (χ3n) is 9.27. The molecule has 0 radical (unpaired) electrons. The largest absolute Gasteiger partial charge is 0.0842 e. The van der Waals surface area contributed by atoms with Crippen molar-refractivity contribution in [1.82, 2.24) is 0 Å². The fourth-order valence-corrected chi connectivity index (χ4v) is 7.72. The van der Waals surface area contributed by atoms with Crippen LogP contribution < -0.4 is 0 Å². The Morgan fingerprint density at radius 2 is 1.80 bits per heavy atom. The Balaban J connectivity index is 1.55. The summed E-state index contributed by atoms with van der Waals surface area (Å²) < 4.78 is 0. The fourth-order valence-electron chi connectivity index (χ4n) is 7.72. The molecule has 0 saturated heterocycles. The van der Waals surface area contributed by atoms with Gasteiger partial charge in [0.05, 0.1) is 0 Å². The molecule has 3 unspecified atom stereocenters. The van der Waals surface area contributed by atoms with Gasteiger partial charge < -0.3 is 0 Å². The molecule has 140 valence electrons. The van der Waals surface area contributed by atoms with Gasteiger partial charge in [0.25, 0.3) is 0 Å². The van der Waals surface area contributed by atoms with Crippen LogP contribution in [0.1, 0.15) is 86.0 Å². The molecule has 0 heterocycles. The van der Waals surface area contributed by atoms with E-state index in [0.717, 1.165) is 35.5 Å². The molecule has 0 aliphatic heterocycles. The van der Waals surface area contributed by atoms with E-state index in [9.17, 15) is 0 Å². The zero-order valence-electron chi connectivity index (χ0n) is 17.4.